The van der Waals surface area contributed by atoms with E-state index in [9.17, 15) is 14.9 Å². The third kappa shape index (κ3) is 4.55. The number of amidine groups is 1. The van der Waals surface area contributed by atoms with E-state index in [-0.39, 0.29) is 16.5 Å². The molecule has 0 unspecified atom stereocenters. The summed E-state index contributed by atoms with van der Waals surface area (Å²) in [5, 5.41) is 15.2. The Morgan fingerprint density at radius 1 is 1.15 bits per heavy atom. The highest BCUT2D eigenvalue weighted by molar-refractivity contribution is 8.18. The molecule has 7 nitrogen and oxygen atoms in total. The lowest BCUT2D eigenvalue weighted by Crippen LogP contribution is -2.19. The van der Waals surface area contributed by atoms with E-state index in [0.29, 0.717) is 37.1 Å². The second-order valence-corrected chi connectivity index (χ2v) is 9.26. The van der Waals surface area contributed by atoms with Gasteiger partial charge in [-0.3, -0.25) is 14.9 Å². The molecule has 1 aromatic heterocycles. The van der Waals surface area contributed by atoms with Crippen LogP contribution in [0.2, 0.25) is 10.0 Å². The Morgan fingerprint density at radius 3 is 2.64 bits per heavy atom. The fourth-order valence-corrected chi connectivity index (χ4v) is 4.74. The van der Waals surface area contributed by atoms with Gasteiger partial charge in [-0.1, -0.05) is 35.3 Å². The van der Waals surface area contributed by atoms with Crippen molar-refractivity contribution in [2.75, 3.05) is 0 Å². The minimum atomic E-state index is -0.386. The lowest BCUT2D eigenvalue weighted by atomic mass is 10.1. The number of hydrogen-bond acceptors (Lipinski definition) is 5. The van der Waals surface area contributed by atoms with Crippen molar-refractivity contribution in [3.8, 4) is 5.69 Å². The monoisotopic (exact) mass is 500 g/mol. The van der Waals surface area contributed by atoms with E-state index in [2.05, 4.69) is 10.3 Å². The Hall–Kier alpha value is -3.07. The first kappa shape index (κ1) is 23.1. The smallest absolute Gasteiger partial charge is 0.274 e. The van der Waals surface area contributed by atoms with Gasteiger partial charge in [0.05, 0.1) is 31.2 Å². The highest BCUT2D eigenvalue weighted by atomic mass is 35.5. The molecule has 1 N–H and O–H groups in total. The number of thioether (sulfide) groups is 1. The minimum absolute atomic E-state index is 0.0613. The van der Waals surface area contributed by atoms with Crippen LogP contribution in [0.25, 0.3) is 11.8 Å². The van der Waals surface area contributed by atoms with Crippen LogP contribution in [0, 0.1) is 30.9 Å². The molecule has 0 bridgehead atoms. The van der Waals surface area contributed by atoms with Crippen molar-refractivity contribution in [3.63, 3.8) is 0 Å². The zero-order chi connectivity index (χ0) is 23.9. The molecule has 1 aliphatic rings. The number of hydrogen-bond donors (Lipinski definition) is 1. The number of aromatic nitrogens is 1. The van der Waals surface area contributed by atoms with E-state index < -0.39 is 0 Å². The zero-order valence-electron chi connectivity index (χ0n) is 17.8. The maximum Gasteiger partial charge on any atom is 0.274 e. The number of nitro groups is 1. The van der Waals surface area contributed by atoms with Crippen LogP contribution < -0.4 is 5.32 Å². The molecule has 33 heavy (non-hydrogen) atoms. The molecule has 10 heteroatoms. The summed E-state index contributed by atoms with van der Waals surface area (Å²) in [4.78, 5) is 28.4. The quantitative estimate of drug-likeness (QED) is 0.251. The molecule has 0 saturated carbocycles. The molecule has 0 aliphatic carbocycles. The molecule has 3 aromatic rings. The number of nitrogens with zero attached hydrogens (tertiary/aromatic N) is 3. The van der Waals surface area contributed by atoms with Gasteiger partial charge in [0.25, 0.3) is 11.6 Å². The van der Waals surface area contributed by atoms with Crippen molar-refractivity contribution < 1.29 is 9.72 Å². The summed E-state index contributed by atoms with van der Waals surface area (Å²) in [5.74, 6) is -0.271. The molecule has 0 radical (unpaired) electrons. The Balaban J connectivity index is 1.68. The molecule has 2 heterocycles. The third-order valence-corrected chi connectivity index (χ3v) is 6.93. The number of rotatable bonds is 4. The average Bonchev–Trinajstić information content (AvgIpc) is 3.24. The maximum atomic E-state index is 12.5. The summed E-state index contributed by atoms with van der Waals surface area (Å²) in [7, 11) is 0. The Bertz CT molecular complexity index is 1380. The van der Waals surface area contributed by atoms with Gasteiger partial charge in [0.1, 0.15) is 0 Å². The fraction of sp³-hybridized carbons (Fsp3) is 0.130. The molecule has 1 saturated heterocycles. The molecule has 168 valence electrons. The second-order valence-electron chi connectivity index (χ2n) is 7.44. The van der Waals surface area contributed by atoms with E-state index in [1.165, 1.54) is 11.8 Å². The molecule has 4 rings (SSSR count). The number of benzene rings is 2. The second kappa shape index (κ2) is 9.05. The van der Waals surface area contributed by atoms with Crippen LogP contribution in [0.15, 0.2) is 52.4 Å². The first-order valence-electron chi connectivity index (χ1n) is 9.83. The summed E-state index contributed by atoms with van der Waals surface area (Å²) in [5.41, 5.74) is 4.39. The lowest BCUT2D eigenvalue weighted by Gasteiger charge is -2.10. The van der Waals surface area contributed by atoms with Gasteiger partial charge in [-0.15, -0.1) is 0 Å². The van der Waals surface area contributed by atoms with E-state index >= 15 is 0 Å². The molecule has 0 atom stereocenters. The van der Waals surface area contributed by atoms with Crippen molar-refractivity contribution >= 4 is 63.5 Å². The van der Waals surface area contributed by atoms with Gasteiger partial charge in [0.15, 0.2) is 5.17 Å². The number of aliphatic imine (C=N–C) groups is 1. The van der Waals surface area contributed by atoms with E-state index in [1.54, 1.807) is 43.3 Å². The highest BCUT2D eigenvalue weighted by Gasteiger charge is 2.25. The molecule has 1 amide bonds. The average molecular weight is 501 g/mol. The van der Waals surface area contributed by atoms with Gasteiger partial charge in [-0.2, -0.15) is 0 Å². The van der Waals surface area contributed by atoms with Crippen molar-refractivity contribution in [2.24, 2.45) is 4.99 Å². The van der Waals surface area contributed by atoms with Gasteiger partial charge in [0.2, 0.25) is 0 Å². The molecule has 1 fully saturated rings. The topological polar surface area (TPSA) is 89.5 Å². The van der Waals surface area contributed by atoms with Crippen LogP contribution in [-0.2, 0) is 4.79 Å². The van der Waals surface area contributed by atoms with Crippen molar-refractivity contribution in [2.45, 2.75) is 20.8 Å². The Kier molecular flexibility index (Phi) is 6.34. The van der Waals surface area contributed by atoms with Crippen molar-refractivity contribution in [1.82, 2.24) is 9.88 Å². The number of nitro benzene ring substituents is 1. The number of halogens is 2. The molecule has 2 aromatic carbocycles. The summed E-state index contributed by atoms with van der Waals surface area (Å²) in [6, 6.07) is 12.2. The van der Waals surface area contributed by atoms with Gasteiger partial charge in [0, 0.05) is 23.0 Å². The number of carbonyl (C=O) groups excluding carboxylic acids is 1. The third-order valence-electron chi connectivity index (χ3n) is 5.21. The van der Waals surface area contributed by atoms with E-state index in [4.69, 9.17) is 23.2 Å². The minimum Gasteiger partial charge on any atom is -0.318 e. The van der Waals surface area contributed by atoms with Crippen molar-refractivity contribution in [1.29, 1.82) is 0 Å². The summed E-state index contributed by atoms with van der Waals surface area (Å²) in [6.07, 6.45) is 1.78. The van der Waals surface area contributed by atoms with Gasteiger partial charge in [-0.05, 0) is 68.4 Å². The van der Waals surface area contributed by atoms with E-state index in [0.717, 1.165) is 17.0 Å². The van der Waals surface area contributed by atoms with Gasteiger partial charge < -0.3 is 9.88 Å². The maximum absolute atomic E-state index is 12.5. The van der Waals surface area contributed by atoms with Crippen LogP contribution in [0.3, 0.4) is 0 Å². The molecular weight excluding hydrogens is 483 g/mol. The molecular formula is C23H18Cl2N4O3S. The first-order valence-corrected chi connectivity index (χ1v) is 11.4. The SMILES string of the molecule is Cc1ccc(-n2c(C)cc(/C=C3\SC(=Nc4cccc(Cl)c4Cl)NC3=O)c2C)cc1[N+](=O)[O-]. The Labute approximate surface area is 204 Å². The largest absolute Gasteiger partial charge is 0.318 e. The van der Waals surface area contributed by atoms with Crippen LogP contribution in [0.1, 0.15) is 22.5 Å². The first-order chi connectivity index (χ1) is 15.7. The summed E-state index contributed by atoms with van der Waals surface area (Å²) in [6.45, 7) is 5.53. The number of carbonyl (C=O) groups is 1. The van der Waals surface area contributed by atoms with Crippen LogP contribution >= 0.6 is 35.0 Å². The number of aryl methyl sites for hydroxylation is 2. The predicted molar refractivity (Wildman–Crippen MR) is 134 cm³/mol. The fourth-order valence-electron chi connectivity index (χ4n) is 3.57. The highest BCUT2D eigenvalue weighted by Crippen LogP contribution is 2.35. The summed E-state index contributed by atoms with van der Waals surface area (Å²) >= 11 is 13.4. The van der Waals surface area contributed by atoms with E-state index in [1.807, 2.05) is 30.5 Å². The normalized spacial score (nSPS) is 16.0. The molecule has 0 spiro atoms. The van der Waals surface area contributed by atoms with Crippen LogP contribution in [0.5, 0.6) is 0 Å². The predicted octanol–water partition coefficient (Wildman–Crippen LogP) is 6.51. The van der Waals surface area contributed by atoms with Crippen LogP contribution in [0.4, 0.5) is 11.4 Å². The lowest BCUT2D eigenvalue weighted by molar-refractivity contribution is -0.385. The van der Waals surface area contributed by atoms with Crippen LogP contribution in [-0.4, -0.2) is 20.6 Å². The number of amides is 1. The van der Waals surface area contributed by atoms with Gasteiger partial charge in [-0.25, -0.2) is 4.99 Å². The number of nitrogens with one attached hydrogen (secondary N) is 1. The van der Waals surface area contributed by atoms with Crippen molar-refractivity contribution in [3.05, 3.63) is 90.0 Å². The zero-order valence-corrected chi connectivity index (χ0v) is 20.2. The standard InChI is InChI=1S/C23H18Cl2N4O3S/c1-12-7-8-16(11-19(12)29(31)32)28-13(2)9-15(14(28)3)10-20-22(30)27-23(33-20)26-18-6-4-5-17(24)21(18)25/h4-11H,1-3H3,(H,26,27,30)/b20-10-. The van der Waals surface area contributed by atoms with Gasteiger partial charge >= 0.3 is 0 Å². The summed E-state index contributed by atoms with van der Waals surface area (Å²) < 4.78 is 1.93. The Morgan fingerprint density at radius 2 is 1.91 bits per heavy atom. The molecule has 1 aliphatic heterocycles.